The molecule has 6 heteroatoms. The number of amides is 2. The summed E-state index contributed by atoms with van der Waals surface area (Å²) in [5, 5.41) is 3.49. The van der Waals surface area contributed by atoms with Crippen molar-refractivity contribution in [1.29, 1.82) is 0 Å². The van der Waals surface area contributed by atoms with E-state index in [0.717, 1.165) is 16.9 Å². The van der Waals surface area contributed by atoms with Crippen molar-refractivity contribution in [3.63, 3.8) is 0 Å². The van der Waals surface area contributed by atoms with Gasteiger partial charge in [-0.1, -0.05) is 48.9 Å². The first kappa shape index (κ1) is 22.8. The van der Waals surface area contributed by atoms with Crippen molar-refractivity contribution >= 4 is 23.4 Å². The van der Waals surface area contributed by atoms with Crippen molar-refractivity contribution < 1.29 is 14.3 Å². The van der Waals surface area contributed by atoms with Gasteiger partial charge in [0, 0.05) is 24.5 Å². The van der Waals surface area contributed by atoms with Gasteiger partial charge in [-0.05, 0) is 49.1 Å². The summed E-state index contributed by atoms with van der Waals surface area (Å²) in [5.41, 5.74) is 1.84. The fourth-order valence-electron chi connectivity index (χ4n) is 3.27. The number of nitrogens with zero attached hydrogens (tertiary/aromatic N) is 1. The van der Waals surface area contributed by atoms with Gasteiger partial charge in [0.1, 0.15) is 11.8 Å². The van der Waals surface area contributed by atoms with Gasteiger partial charge in [-0.3, -0.25) is 9.59 Å². The van der Waals surface area contributed by atoms with Crippen molar-refractivity contribution in [2.75, 3.05) is 13.7 Å². The standard InChI is InChI=1S/C23H29ClN2O3/c1-4-21(23(28)25-5-2)26(16-17-9-8-11-19(15-17)29-3)22(27)14-13-18-10-6-7-12-20(18)24/h6-12,15,21H,4-5,13-14,16H2,1-3H3,(H,25,28). The number of rotatable bonds is 10. The number of methoxy groups -OCH3 is 1. The van der Waals surface area contributed by atoms with E-state index in [-0.39, 0.29) is 18.2 Å². The van der Waals surface area contributed by atoms with E-state index in [1.54, 1.807) is 12.0 Å². The summed E-state index contributed by atoms with van der Waals surface area (Å²) < 4.78 is 5.29. The second-order valence-electron chi connectivity index (χ2n) is 6.78. The number of carbonyl (C=O) groups excluding carboxylic acids is 2. The van der Waals surface area contributed by atoms with Crippen LogP contribution in [0.5, 0.6) is 5.75 Å². The molecular weight excluding hydrogens is 388 g/mol. The van der Waals surface area contributed by atoms with Crippen molar-refractivity contribution in [1.82, 2.24) is 10.2 Å². The number of hydrogen-bond donors (Lipinski definition) is 1. The topological polar surface area (TPSA) is 58.6 Å². The Bertz CT molecular complexity index is 825. The lowest BCUT2D eigenvalue weighted by Crippen LogP contribution is -2.49. The highest BCUT2D eigenvalue weighted by atomic mass is 35.5. The second-order valence-corrected chi connectivity index (χ2v) is 7.19. The number of ether oxygens (including phenoxy) is 1. The van der Waals surface area contributed by atoms with Crippen LogP contribution < -0.4 is 10.1 Å². The number of likely N-dealkylation sites (N-methyl/N-ethyl adjacent to an activating group) is 1. The summed E-state index contributed by atoms with van der Waals surface area (Å²) in [6, 6.07) is 14.5. The third kappa shape index (κ3) is 6.50. The Morgan fingerprint density at radius 1 is 1.14 bits per heavy atom. The van der Waals surface area contributed by atoms with Crippen LogP contribution in [-0.4, -0.2) is 36.4 Å². The molecule has 0 saturated heterocycles. The highest BCUT2D eigenvalue weighted by Gasteiger charge is 2.28. The molecular formula is C23H29ClN2O3. The molecule has 156 valence electrons. The maximum atomic E-state index is 13.2. The zero-order chi connectivity index (χ0) is 21.2. The average Bonchev–Trinajstić information content (AvgIpc) is 2.73. The first-order chi connectivity index (χ1) is 14.0. The molecule has 0 aliphatic rings. The lowest BCUT2D eigenvalue weighted by atomic mass is 10.1. The molecule has 0 aliphatic heterocycles. The smallest absolute Gasteiger partial charge is 0.242 e. The monoisotopic (exact) mass is 416 g/mol. The largest absolute Gasteiger partial charge is 0.497 e. The molecule has 0 heterocycles. The molecule has 0 radical (unpaired) electrons. The van der Waals surface area contributed by atoms with Gasteiger partial charge in [-0.15, -0.1) is 0 Å². The van der Waals surface area contributed by atoms with Crippen LogP contribution in [0.1, 0.15) is 37.8 Å². The molecule has 0 fully saturated rings. The van der Waals surface area contributed by atoms with Gasteiger partial charge in [-0.2, -0.15) is 0 Å². The number of aryl methyl sites for hydroxylation is 1. The molecule has 0 saturated carbocycles. The van der Waals surface area contributed by atoms with Gasteiger partial charge in [0.2, 0.25) is 11.8 Å². The molecule has 1 atom stereocenters. The molecule has 0 aliphatic carbocycles. The Balaban J connectivity index is 2.23. The maximum absolute atomic E-state index is 13.2. The van der Waals surface area contributed by atoms with Gasteiger partial charge >= 0.3 is 0 Å². The molecule has 2 amide bonds. The zero-order valence-corrected chi connectivity index (χ0v) is 18.0. The van der Waals surface area contributed by atoms with Crippen LogP contribution in [0, 0.1) is 0 Å². The van der Waals surface area contributed by atoms with Crippen LogP contribution in [-0.2, 0) is 22.6 Å². The highest BCUT2D eigenvalue weighted by Crippen LogP contribution is 2.20. The van der Waals surface area contributed by atoms with Gasteiger partial charge in [0.15, 0.2) is 0 Å². The van der Waals surface area contributed by atoms with E-state index in [0.29, 0.717) is 31.0 Å². The number of nitrogens with one attached hydrogen (secondary N) is 1. The van der Waals surface area contributed by atoms with E-state index < -0.39 is 6.04 Å². The fraction of sp³-hybridized carbons (Fsp3) is 0.391. The zero-order valence-electron chi connectivity index (χ0n) is 17.3. The first-order valence-corrected chi connectivity index (χ1v) is 10.3. The molecule has 5 nitrogen and oxygen atoms in total. The Labute approximate surface area is 178 Å². The molecule has 0 spiro atoms. The molecule has 2 aromatic carbocycles. The number of carbonyl (C=O) groups is 2. The van der Waals surface area contributed by atoms with Crippen molar-refractivity contribution in [3.05, 3.63) is 64.7 Å². The Morgan fingerprint density at radius 2 is 1.90 bits per heavy atom. The van der Waals surface area contributed by atoms with Crippen LogP contribution in [0.4, 0.5) is 0 Å². The summed E-state index contributed by atoms with van der Waals surface area (Å²) in [6.07, 6.45) is 1.34. The molecule has 1 unspecified atom stereocenters. The molecule has 29 heavy (non-hydrogen) atoms. The summed E-state index contributed by atoms with van der Waals surface area (Å²) >= 11 is 6.23. The predicted molar refractivity (Wildman–Crippen MR) is 116 cm³/mol. The van der Waals surface area contributed by atoms with Gasteiger partial charge in [0.25, 0.3) is 0 Å². The normalized spacial score (nSPS) is 11.6. The van der Waals surface area contributed by atoms with E-state index in [1.165, 1.54) is 0 Å². The molecule has 0 aromatic heterocycles. The summed E-state index contributed by atoms with van der Waals surface area (Å²) in [6.45, 7) is 4.65. The van der Waals surface area contributed by atoms with Gasteiger partial charge in [-0.25, -0.2) is 0 Å². The molecule has 1 N–H and O–H groups in total. The van der Waals surface area contributed by atoms with Gasteiger partial charge < -0.3 is 15.0 Å². The van der Waals surface area contributed by atoms with Crippen molar-refractivity contribution in [2.45, 2.75) is 45.7 Å². The first-order valence-electron chi connectivity index (χ1n) is 9.93. The second kappa shape index (κ2) is 11.5. The lowest BCUT2D eigenvalue weighted by Gasteiger charge is -2.30. The Hall–Kier alpha value is -2.53. The summed E-state index contributed by atoms with van der Waals surface area (Å²) in [7, 11) is 1.61. The maximum Gasteiger partial charge on any atom is 0.242 e. The predicted octanol–water partition coefficient (Wildman–Crippen LogP) is 4.22. The lowest BCUT2D eigenvalue weighted by molar-refractivity contribution is -0.141. The SMILES string of the molecule is CCNC(=O)C(CC)N(Cc1cccc(OC)c1)C(=O)CCc1ccccc1Cl. The minimum atomic E-state index is -0.528. The molecule has 0 bridgehead atoms. The van der Waals surface area contributed by atoms with Crippen molar-refractivity contribution in [2.24, 2.45) is 0 Å². The van der Waals surface area contributed by atoms with Crippen molar-refractivity contribution in [3.8, 4) is 5.75 Å². The van der Waals surface area contributed by atoms with Crippen LogP contribution in [0.15, 0.2) is 48.5 Å². The minimum Gasteiger partial charge on any atom is -0.497 e. The van der Waals surface area contributed by atoms with E-state index >= 15 is 0 Å². The third-order valence-electron chi connectivity index (χ3n) is 4.79. The summed E-state index contributed by atoms with van der Waals surface area (Å²) in [5.74, 6) is 0.506. The Morgan fingerprint density at radius 3 is 2.55 bits per heavy atom. The number of benzene rings is 2. The van der Waals surface area contributed by atoms with Crippen LogP contribution in [0.2, 0.25) is 5.02 Å². The molecule has 2 aromatic rings. The third-order valence-corrected chi connectivity index (χ3v) is 5.16. The minimum absolute atomic E-state index is 0.0779. The van der Waals surface area contributed by atoms with E-state index in [2.05, 4.69) is 5.32 Å². The number of halogens is 1. The van der Waals surface area contributed by atoms with Crippen LogP contribution in [0.3, 0.4) is 0 Å². The number of hydrogen-bond acceptors (Lipinski definition) is 3. The average molecular weight is 417 g/mol. The van der Waals surface area contributed by atoms with E-state index in [4.69, 9.17) is 16.3 Å². The summed E-state index contributed by atoms with van der Waals surface area (Å²) in [4.78, 5) is 27.4. The van der Waals surface area contributed by atoms with Crippen LogP contribution >= 0.6 is 11.6 Å². The highest BCUT2D eigenvalue weighted by molar-refractivity contribution is 6.31. The van der Waals surface area contributed by atoms with E-state index in [1.807, 2.05) is 62.4 Å². The van der Waals surface area contributed by atoms with E-state index in [9.17, 15) is 9.59 Å². The van der Waals surface area contributed by atoms with Gasteiger partial charge in [0.05, 0.1) is 7.11 Å². The molecule has 2 rings (SSSR count). The fourth-order valence-corrected chi connectivity index (χ4v) is 3.50. The Kier molecular flexibility index (Phi) is 9.00. The quantitative estimate of drug-likeness (QED) is 0.630. The van der Waals surface area contributed by atoms with Crippen LogP contribution in [0.25, 0.3) is 0 Å².